The first kappa shape index (κ1) is 12.2. The molecule has 17 heavy (non-hydrogen) atoms. The molecule has 0 aromatic heterocycles. The molecular formula is C12H15F3N2. The van der Waals surface area contributed by atoms with E-state index in [-0.39, 0.29) is 12.1 Å². The largest absolute Gasteiger partial charge is 0.416 e. The molecule has 2 rings (SSSR count). The van der Waals surface area contributed by atoms with Crippen molar-refractivity contribution in [3.8, 4) is 0 Å². The van der Waals surface area contributed by atoms with E-state index in [4.69, 9.17) is 5.73 Å². The highest BCUT2D eigenvalue weighted by Crippen LogP contribution is 2.31. The first-order valence-corrected chi connectivity index (χ1v) is 5.66. The lowest BCUT2D eigenvalue weighted by Crippen LogP contribution is -2.35. The number of benzene rings is 1. The van der Waals surface area contributed by atoms with Gasteiger partial charge in [-0.25, -0.2) is 0 Å². The van der Waals surface area contributed by atoms with Crippen molar-refractivity contribution in [1.82, 2.24) is 0 Å². The van der Waals surface area contributed by atoms with Gasteiger partial charge in [-0.2, -0.15) is 13.2 Å². The monoisotopic (exact) mass is 244 g/mol. The second kappa shape index (κ2) is 4.56. The predicted octanol–water partition coefficient (Wildman–Crippen LogP) is 3.00. The topological polar surface area (TPSA) is 38.0 Å². The predicted molar refractivity (Wildman–Crippen MR) is 60.7 cm³/mol. The highest BCUT2D eigenvalue weighted by atomic mass is 19.4. The smallest absolute Gasteiger partial charge is 0.381 e. The second-order valence-corrected chi connectivity index (χ2v) is 4.42. The Labute approximate surface area is 98.0 Å². The Morgan fingerprint density at radius 2 is 2.00 bits per heavy atom. The molecule has 1 aromatic rings. The quantitative estimate of drug-likeness (QED) is 0.839. The standard InChI is InChI=1S/C12H15F3N2/c13-12(14,15)8-3-1-4-9(7-8)17-11-6-2-5-10(11)16/h1,3-4,7,10-11,17H,2,5-6,16H2/t10-,11+/m0/s1. The average molecular weight is 244 g/mol. The number of nitrogens with two attached hydrogens (primary N) is 1. The van der Waals surface area contributed by atoms with Crippen LogP contribution in [0.3, 0.4) is 0 Å². The van der Waals surface area contributed by atoms with Gasteiger partial charge in [0.2, 0.25) is 0 Å². The zero-order valence-corrected chi connectivity index (χ0v) is 9.30. The van der Waals surface area contributed by atoms with Crippen LogP contribution < -0.4 is 11.1 Å². The van der Waals surface area contributed by atoms with Gasteiger partial charge < -0.3 is 11.1 Å². The van der Waals surface area contributed by atoms with E-state index >= 15 is 0 Å². The van der Waals surface area contributed by atoms with Gasteiger partial charge in [-0.05, 0) is 37.5 Å². The maximum atomic E-state index is 12.5. The van der Waals surface area contributed by atoms with Crippen molar-refractivity contribution in [2.24, 2.45) is 5.73 Å². The molecule has 0 heterocycles. The molecule has 94 valence electrons. The molecule has 0 spiro atoms. The van der Waals surface area contributed by atoms with Gasteiger partial charge in [0.25, 0.3) is 0 Å². The fourth-order valence-corrected chi connectivity index (χ4v) is 2.17. The summed E-state index contributed by atoms with van der Waals surface area (Å²) in [4.78, 5) is 0. The average Bonchev–Trinajstić information content (AvgIpc) is 2.64. The van der Waals surface area contributed by atoms with Crippen LogP contribution in [0, 0.1) is 0 Å². The maximum absolute atomic E-state index is 12.5. The first-order chi connectivity index (χ1) is 7.97. The number of hydrogen-bond acceptors (Lipinski definition) is 2. The maximum Gasteiger partial charge on any atom is 0.416 e. The van der Waals surface area contributed by atoms with Crippen LogP contribution in [0.5, 0.6) is 0 Å². The number of rotatable bonds is 2. The minimum absolute atomic E-state index is 0.0320. The number of nitrogens with one attached hydrogen (secondary N) is 1. The first-order valence-electron chi connectivity index (χ1n) is 5.66. The Bertz CT molecular complexity index is 390. The molecule has 3 N–H and O–H groups in total. The van der Waals surface area contributed by atoms with Gasteiger partial charge in [0.05, 0.1) is 5.56 Å². The zero-order chi connectivity index (χ0) is 12.5. The molecule has 1 saturated carbocycles. The summed E-state index contributed by atoms with van der Waals surface area (Å²) >= 11 is 0. The van der Waals surface area contributed by atoms with Crippen LogP contribution in [-0.4, -0.2) is 12.1 Å². The molecule has 1 aliphatic carbocycles. The van der Waals surface area contributed by atoms with Crippen LogP contribution >= 0.6 is 0 Å². The summed E-state index contributed by atoms with van der Waals surface area (Å²) in [5.41, 5.74) is 5.72. The highest BCUT2D eigenvalue weighted by molar-refractivity contribution is 5.47. The van der Waals surface area contributed by atoms with Crippen molar-refractivity contribution >= 4 is 5.69 Å². The van der Waals surface area contributed by atoms with E-state index in [9.17, 15) is 13.2 Å². The molecule has 1 aromatic carbocycles. The lowest BCUT2D eigenvalue weighted by Gasteiger charge is -2.19. The molecule has 0 radical (unpaired) electrons. The van der Waals surface area contributed by atoms with Gasteiger partial charge in [0, 0.05) is 17.8 Å². The van der Waals surface area contributed by atoms with Crippen molar-refractivity contribution in [2.75, 3.05) is 5.32 Å². The summed E-state index contributed by atoms with van der Waals surface area (Å²) in [6.45, 7) is 0. The fourth-order valence-electron chi connectivity index (χ4n) is 2.17. The number of hydrogen-bond donors (Lipinski definition) is 2. The van der Waals surface area contributed by atoms with E-state index in [1.807, 2.05) is 0 Å². The summed E-state index contributed by atoms with van der Waals surface area (Å²) in [6, 6.07) is 5.36. The molecule has 1 aliphatic rings. The number of alkyl halides is 3. The molecule has 0 bridgehead atoms. The van der Waals surface area contributed by atoms with Crippen molar-refractivity contribution < 1.29 is 13.2 Å². The van der Waals surface area contributed by atoms with Crippen LogP contribution in [0.2, 0.25) is 0 Å². The normalized spacial score (nSPS) is 24.9. The van der Waals surface area contributed by atoms with Crippen molar-refractivity contribution in [2.45, 2.75) is 37.5 Å². The third-order valence-corrected chi connectivity index (χ3v) is 3.11. The Kier molecular flexibility index (Phi) is 3.28. The summed E-state index contributed by atoms with van der Waals surface area (Å²) in [5, 5.41) is 3.08. The molecule has 2 atom stereocenters. The Hall–Kier alpha value is -1.23. The summed E-state index contributed by atoms with van der Waals surface area (Å²) < 4.78 is 37.5. The number of anilines is 1. The van der Waals surface area contributed by atoms with E-state index in [1.54, 1.807) is 6.07 Å². The van der Waals surface area contributed by atoms with E-state index in [0.29, 0.717) is 5.69 Å². The van der Waals surface area contributed by atoms with E-state index < -0.39 is 11.7 Å². The molecule has 2 nitrogen and oxygen atoms in total. The van der Waals surface area contributed by atoms with Gasteiger partial charge in [-0.15, -0.1) is 0 Å². The minimum atomic E-state index is -4.30. The third-order valence-electron chi connectivity index (χ3n) is 3.11. The van der Waals surface area contributed by atoms with E-state index in [0.717, 1.165) is 31.4 Å². The van der Waals surface area contributed by atoms with Crippen LogP contribution in [0.1, 0.15) is 24.8 Å². The molecule has 5 heteroatoms. The SMILES string of the molecule is N[C@H]1CCC[C@H]1Nc1cccc(C(F)(F)F)c1. The molecule has 0 unspecified atom stereocenters. The fraction of sp³-hybridized carbons (Fsp3) is 0.500. The molecule has 0 aliphatic heterocycles. The third kappa shape index (κ3) is 2.91. The van der Waals surface area contributed by atoms with Crippen LogP contribution in [0.15, 0.2) is 24.3 Å². The lowest BCUT2D eigenvalue weighted by atomic mass is 10.1. The molecule has 1 fully saturated rings. The van der Waals surface area contributed by atoms with E-state index in [2.05, 4.69) is 5.32 Å². The summed E-state index contributed by atoms with van der Waals surface area (Å²) in [6.07, 6.45) is -1.43. The summed E-state index contributed by atoms with van der Waals surface area (Å²) in [7, 11) is 0. The summed E-state index contributed by atoms with van der Waals surface area (Å²) in [5.74, 6) is 0. The van der Waals surface area contributed by atoms with Gasteiger partial charge in [-0.3, -0.25) is 0 Å². The minimum Gasteiger partial charge on any atom is -0.381 e. The Balaban J connectivity index is 2.11. The van der Waals surface area contributed by atoms with E-state index in [1.165, 1.54) is 6.07 Å². The Morgan fingerprint density at radius 3 is 2.59 bits per heavy atom. The van der Waals surface area contributed by atoms with Crippen LogP contribution in [0.25, 0.3) is 0 Å². The van der Waals surface area contributed by atoms with Crippen molar-refractivity contribution in [3.63, 3.8) is 0 Å². The molecule has 0 saturated heterocycles. The zero-order valence-electron chi connectivity index (χ0n) is 9.30. The van der Waals surface area contributed by atoms with Gasteiger partial charge in [0.15, 0.2) is 0 Å². The van der Waals surface area contributed by atoms with Crippen LogP contribution in [0.4, 0.5) is 18.9 Å². The van der Waals surface area contributed by atoms with Crippen molar-refractivity contribution in [3.05, 3.63) is 29.8 Å². The molecule has 0 amide bonds. The lowest BCUT2D eigenvalue weighted by molar-refractivity contribution is -0.137. The number of halogens is 3. The molecular weight excluding hydrogens is 229 g/mol. The highest BCUT2D eigenvalue weighted by Gasteiger charge is 2.31. The Morgan fingerprint density at radius 1 is 1.24 bits per heavy atom. The van der Waals surface area contributed by atoms with Gasteiger partial charge in [0.1, 0.15) is 0 Å². The van der Waals surface area contributed by atoms with Crippen molar-refractivity contribution in [1.29, 1.82) is 0 Å². The second-order valence-electron chi connectivity index (χ2n) is 4.42. The van der Waals surface area contributed by atoms with Crippen LogP contribution in [-0.2, 0) is 6.18 Å². The van der Waals surface area contributed by atoms with Gasteiger partial charge in [-0.1, -0.05) is 6.07 Å². The van der Waals surface area contributed by atoms with Gasteiger partial charge >= 0.3 is 6.18 Å².